The molecule has 1 saturated heterocycles. The molecule has 1 fully saturated rings. The molecule has 5 heteroatoms. The fraction of sp³-hybridized carbons (Fsp3) is 0.412. The van der Waals surface area contributed by atoms with E-state index < -0.39 is 0 Å². The van der Waals surface area contributed by atoms with Crippen LogP contribution in [-0.2, 0) is 11.3 Å². The lowest BCUT2D eigenvalue weighted by Gasteiger charge is -2.28. The van der Waals surface area contributed by atoms with E-state index in [1.54, 1.807) is 0 Å². The van der Waals surface area contributed by atoms with Crippen molar-refractivity contribution in [3.63, 3.8) is 0 Å². The van der Waals surface area contributed by atoms with E-state index in [1.165, 1.54) is 11.1 Å². The van der Waals surface area contributed by atoms with Crippen molar-refractivity contribution in [1.82, 2.24) is 9.97 Å². The number of aryl methyl sites for hydroxylation is 2. The number of morpholine rings is 1. The number of aromatic nitrogens is 2. The van der Waals surface area contributed by atoms with Gasteiger partial charge in [-0.2, -0.15) is 4.98 Å². The second-order valence-corrected chi connectivity index (χ2v) is 5.57. The molecular weight excluding hydrogens is 276 g/mol. The molecule has 0 bridgehead atoms. The largest absolute Gasteiger partial charge is 0.378 e. The van der Waals surface area contributed by atoms with Gasteiger partial charge in [0.25, 0.3) is 0 Å². The van der Waals surface area contributed by atoms with Crippen molar-refractivity contribution in [1.29, 1.82) is 0 Å². The van der Waals surface area contributed by atoms with Gasteiger partial charge in [0.2, 0.25) is 5.95 Å². The molecule has 22 heavy (non-hydrogen) atoms. The first kappa shape index (κ1) is 14.8. The quantitative estimate of drug-likeness (QED) is 0.940. The normalized spacial score (nSPS) is 14.9. The van der Waals surface area contributed by atoms with Gasteiger partial charge in [-0.05, 0) is 25.0 Å². The second-order valence-electron chi connectivity index (χ2n) is 5.57. The number of benzene rings is 1. The summed E-state index contributed by atoms with van der Waals surface area (Å²) >= 11 is 0. The van der Waals surface area contributed by atoms with Crippen LogP contribution < -0.4 is 10.2 Å². The molecule has 1 aliphatic heterocycles. The Hall–Kier alpha value is -2.14. The van der Waals surface area contributed by atoms with Gasteiger partial charge in [-0.15, -0.1) is 0 Å². The molecule has 1 aromatic heterocycles. The van der Waals surface area contributed by atoms with Crippen LogP contribution in [0.1, 0.15) is 16.8 Å². The predicted octanol–water partition coefficient (Wildman–Crippen LogP) is 2.54. The summed E-state index contributed by atoms with van der Waals surface area (Å²) in [4.78, 5) is 11.4. The van der Waals surface area contributed by atoms with Crippen LogP contribution >= 0.6 is 0 Å². The van der Waals surface area contributed by atoms with E-state index in [0.717, 1.165) is 44.4 Å². The third-order valence-electron chi connectivity index (χ3n) is 3.87. The fourth-order valence-corrected chi connectivity index (χ4v) is 2.57. The Labute approximate surface area is 131 Å². The Balaban J connectivity index is 1.73. The molecule has 0 spiro atoms. The molecule has 1 aromatic carbocycles. The maximum Gasteiger partial charge on any atom is 0.225 e. The second kappa shape index (κ2) is 6.75. The highest BCUT2D eigenvalue weighted by Gasteiger charge is 2.14. The van der Waals surface area contributed by atoms with Gasteiger partial charge in [-0.25, -0.2) is 4.98 Å². The van der Waals surface area contributed by atoms with Crippen LogP contribution in [0, 0.1) is 13.8 Å². The first-order chi connectivity index (χ1) is 10.7. The molecule has 0 atom stereocenters. The summed E-state index contributed by atoms with van der Waals surface area (Å²) in [6.07, 6.45) is 0. The number of ether oxygens (including phenoxy) is 1. The molecule has 2 heterocycles. The molecule has 0 radical (unpaired) electrons. The number of nitrogens with zero attached hydrogens (tertiary/aromatic N) is 3. The van der Waals surface area contributed by atoms with Crippen molar-refractivity contribution in [2.75, 3.05) is 36.5 Å². The zero-order chi connectivity index (χ0) is 15.4. The molecule has 3 rings (SSSR count). The van der Waals surface area contributed by atoms with Crippen molar-refractivity contribution in [3.8, 4) is 0 Å². The minimum absolute atomic E-state index is 0.685. The van der Waals surface area contributed by atoms with E-state index in [-0.39, 0.29) is 0 Å². The van der Waals surface area contributed by atoms with Crippen molar-refractivity contribution in [3.05, 3.63) is 47.2 Å². The maximum atomic E-state index is 5.40. The average molecular weight is 298 g/mol. The van der Waals surface area contributed by atoms with Crippen LogP contribution in [0.25, 0.3) is 0 Å². The topological polar surface area (TPSA) is 50.3 Å². The van der Waals surface area contributed by atoms with Gasteiger partial charge in [-0.3, -0.25) is 0 Å². The number of nitrogens with one attached hydrogen (secondary N) is 1. The van der Waals surface area contributed by atoms with Crippen LogP contribution in [0.5, 0.6) is 0 Å². The van der Waals surface area contributed by atoms with E-state index in [2.05, 4.69) is 51.4 Å². The van der Waals surface area contributed by atoms with E-state index >= 15 is 0 Å². The number of rotatable bonds is 4. The molecule has 2 aromatic rings. The highest BCUT2D eigenvalue weighted by molar-refractivity contribution is 5.45. The molecule has 0 amide bonds. The van der Waals surface area contributed by atoms with E-state index in [0.29, 0.717) is 5.95 Å². The van der Waals surface area contributed by atoms with Gasteiger partial charge in [0.1, 0.15) is 5.82 Å². The summed E-state index contributed by atoms with van der Waals surface area (Å²) in [6, 6.07) is 10.4. The Bertz CT molecular complexity index is 638. The van der Waals surface area contributed by atoms with Crippen molar-refractivity contribution < 1.29 is 4.74 Å². The third kappa shape index (κ3) is 3.54. The lowest BCUT2D eigenvalue weighted by atomic mass is 10.1. The molecule has 1 aliphatic rings. The van der Waals surface area contributed by atoms with E-state index in [9.17, 15) is 0 Å². The van der Waals surface area contributed by atoms with Gasteiger partial charge in [0.15, 0.2) is 0 Å². The Morgan fingerprint density at radius 1 is 1.14 bits per heavy atom. The molecule has 0 saturated carbocycles. The summed E-state index contributed by atoms with van der Waals surface area (Å²) in [7, 11) is 0. The number of hydrogen-bond donors (Lipinski definition) is 1. The predicted molar refractivity (Wildman–Crippen MR) is 88.3 cm³/mol. The Morgan fingerprint density at radius 2 is 1.91 bits per heavy atom. The molecule has 0 unspecified atom stereocenters. The van der Waals surface area contributed by atoms with Crippen LogP contribution in [0.2, 0.25) is 0 Å². The van der Waals surface area contributed by atoms with E-state index in [1.807, 2.05) is 13.0 Å². The maximum absolute atomic E-state index is 5.40. The molecule has 116 valence electrons. The fourth-order valence-electron chi connectivity index (χ4n) is 2.57. The molecule has 0 aliphatic carbocycles. The average Bonchev–Trinajstić information content (AvgIpc) is 2.54. The highest BCUT2D eigenvalue weighted by atomic mass is 16.5. The third-order valence-corrected chi connectivity index (χ3v) is 3.87. The van der Waals surface area contributed by atoms with Gasteiger partial charge < -0.3 is 15.0 Å². The summed E-state index contributed by atoms with van der Waals surface area (Å²) in [5, 5.41) is 3.34. The minimum atomic E-state index is 0.685. The first-order valence-corrected chi connectivity index (χ1v) is 7.69. The van der Waals surface area contributed by atoms with Crippen LogP contribution in [0.3, 0.4) is 0 Å². The lowest BCUT2D eigenvalue weighted by molar-refractivity contribution is 0.122. The summed E-state index contributed by atoms with van der Waals surface area (Å²) in [5.41, 5.74) is 3.51. The number of hydrogen-bond acceptors (Lipinski definition) is 5. The lowest BCUT2D eigenvalue weighted by Crippen LogP contribution is -2.37. The monoisotopic (exact) mass is 298 g/mol. The van der Waals surface area contributed by atoms with Crippen molar-refractivity contribution in [2.24, 2.45) is 0 Å². The minimum Gasteiger partial charge on any atom is -0.378 e. The molecule has 5 nitrogen and oxygen atoms in total. The molecular formula is C17H22N4O. The van der Waals surface area contributed by atoms with Gasteiger partial charge in [0.05, 0.1) is 13.2 Å². The Morgan fingerprint density at radius 3 is 2.68 bits per heavy atom. The SMILES string of the molecule is Cc1cc(N2CCOCC2)nc(NCc2ccccc2C)n1. The van der Waals surface area contributed by atoms with Gasteiger partial charge >= 0.3 is 0 Å². The van der Waals surface area contributed by atoms with Crippen molar-refractivity contribution >= 4 is 11.8 Å². The van der Waals surface area contributed by atoms with Crippen LogP contribution in [0.4, 0.5) is 11.8 Å². The zero-order valence-corrected chi connectivity index (χ0v) is 13.2. The number of anilines is 2. The summed E-state index contributed by atoms with van der Waals surface area (Å²) in [6.45, 7) is 8.14. The van der Waals surface area contributed by atoms with Crippen LogP contribution in [0.15, 0.2) is 30.3 Å². The van der Waals surface area contributed by atoms with Crippen molar-refractivity contribution in [2.45, 2.75) is 20.4 Å². The first-order valence-electron chi connectivity index (χ1n) is 7.69. The molecule has 1 N–H and O–H groups in total. The van der Waals surface area contributed by atoms with Crippen LogP contribution in [-0.4, -0.2) is 36.3 Å². The summed E-state index contributed by atoms with van der Waals surface area (Å²) < 4.78 is 5.40. The van der Waals surface area contributed by atoms with Gasteiger partial charge in [-0.1, -0.05) is 24.3 Å². The van der Waals surface area contributed by atoms with E-state index in [4.69, 9.17) is 4.74 Å². The smallest absolute Gasteiger partial charge is 0.225 e. The Kier molecular flexibility index (Phi) is 4.53. The van der Waals surface area contributed by atoms with Gasteiger partial charge in [0, 0.05) is 31.4 Å². The standard InChI is InChI=1S/C17H22N4O/c1-13-5-3-4-6-15(13)12-18-17-19-14(2)11-16(20-17)21-7-9-22-10-8-21/h3-6,11H,7-10,12H2,1-2H3,(H,18,19,20). The summed E-state index contributed by atoms with van der Waals surface area (Å²) in [5.74, 6) is 1.66. The zero-order valence-electron chi connectivity index (χ0n) is 13.2. The highest BCUT2D eigenvalue weighted by Crippen LogP contribution is 2.17.